The van der Waals surface area contributed by atoms with E-state index >= 15 is 0 Å². The predicted octanol–water partition coefficient (Wildman–Crippen LogP) is 3.25. The molecule has 0 aliphatic heterocycles. The molecule has 1 amide bonds. The number of nitrogens with one attached hydrogen (secondary N) is 1. The maximum absolute atomic E-state index is 12.0. The molecule has 1 aromatic carbocycles. The summed E-state index contributed by atoms with van der Waals surface area (Å²) in [5.74, 6) is -0.730. The van der Waals surface area contributed by atoms with Crippen LogP contribution in [0.3, 0.4) is 0 Å². The van der Waals surface area contributed by atoms with Crippen molar-refractivity contribution in [1.82, 2.24) is 4.98 Å². The molecule has 7 heteroatoms. The van der Waals surface area contributed by atoms with E-state index in [2.05, 4.69) is 31.0 Å². The van der Waals surface area contributed by atoms with Gasteiger partial charge >= 0.3 is 5.97 Å². The van der Waals surface area contributed by atoms with Crippen LogP contribution in [-0.2, 0) is 4.74 Å². The highest BCUT2D eigenvalue weighted by Gasteiger charge is 2.17. The number of carbonyl (C=O) groups excluding carboxylic acids is 2. The Kier molecular flexibility index (Phi) is 4.51. The lowest BCUT2D eigenvalue weighted by molar-refractivity contribution is 0.0605. The second kappa shape index (κ2) is 6.15. The van der Waals surface area contributed by atoms with Crippen LogP contribution in [0.25, 0.3) is 0 Å². The third-order valence-corrected chi connectivity index (χ3v) is 4.08. The van der Waals surface area contributed by atoms with E-state index in [-0.39, 0.29) is 5.91 Å². The molecule has 0 unspecified atom stereocenters. The Labute approximate surface area is 128 Å². The van der Waals surface area contributed by atoms with Gasteiger partial charge in [-0.05, 0) is 31.2 Å². The van der Waals surface area contributed by atoms with Crippen molar-refractivity contribution in [2.45, 2.75) is 6.92 Å². The minimum absolute atomic E-state index is 0.275. The van der Waals surface area contributed by atoms with Crippen LogP contribution in [-0.4, -0.2) is 24.0 Å². The second-order valence-electron chi connectivity index (χ2n) is 3.89. The number of halogens is 1. The summed E-state index contributed by atoms with van der Waals surface area (Å²) in [4.78, 5) is 28.0. The number of benzene rings is 1. The van der Waals surface area contributed by atoms with Gasteiger partial charge in [-0.2, -0.15) is 0 Å². The molecule has 0 atom stereocenters. The van der Waals surface area contributed by atoms with Gasteiger partial charge in [0.05, 0.1) is 12.8 Å². The third-order valence-electron chi connectivity index (χ3n) is 2.49. The fraction of sp³-hybridized carbons (Fsp3) is 0.154. The van der Waals surface area contributed by atoms with Crippen LogP contribution in [0, 0.1) is 6.92 Å². The van der Waals surface area contributed by atoms with Gasteiger partial charge in [-0.25, -0.2) is 9.78 Å². The van der Waals surface area contributed by atoms with Gasteiger partial charge in [0.15, 0.2) is 5.13 Å². The van der Waals surface area contributed by atoms with Gasteiger partial charge < -0.3 is 4.74 Å². The molecule has 0 bridgehead atoms. The van der Waals surface area contributed by atoms with E-state index in [1.165, 1.54) is 7.11 Å². The van der Waals surface area contributed by atoms with Crippen molar-refractivity contribution < 1.29 is 14.3 Å². The Morgan fingerprint density at radius 3 is 2.55 bits per heavy atom. The lowest BCUT2D eigenvalue weighted by atomic mass is 10.2. The number of hydrogen-bond donors (Lipinski definition) is 1. The van der Waals surface area contributed by atoms with Gasteiger partial charge in [0, 0.05) is 10.0 Å². The number of hydrogen-bond acceptors (Lipinski definition) is 5. The molecule has 1 N–H and O–H groups in total. The molecule has 0 fully saturated rings. The zero-order chi connectivity index (χ0) is 14.7. The highest BCUT2D eigenvalue weighted by Crippen LogP contribution is 2.23. The number of esters is 1. The molecule has 0 saturated carbocycles. The summed E-state index contributed by atoms with van der Waals surface area (Å²) in [6.45, 7) is 1.69. The number of methoxy groups -OCH3 is 1. The van der Waals surface area contributed by atoms with Crippen molar-refractivity contribution in [3.63, 3.8) is 0 Å². The number of nitrogens with zero attached hydrogens (tertiary/aromatic N) is 1. The first-order valence-electron chi connectivity index (χ1n) is 5.64. The molecule has 2 aromatic rings. The Morgan fingerprint density at radius 2 is 1.95 bits per heavy atom. The van der Waals surface area contributed by atoms with Gasteiger partial charge in [-0.1, -0.05) is 27.3 Å². The lowest BCUT2D eigenvalue weighted by Gasteiger charge is -2.01. The van der Waals surface area contributed by atoms with Crippen molar-refractivity contribution in [3.05, 3.63) is 44.9 Å². The summed E-state index contributed by atoms with van der Waals surface area (Å²) in [5, 5.41) is 3.03. The number of rotatable bonds is 3. The number of anilines is 1. The van der Waals surface area contributed by atoms with Crippen molar-refractivity contribution in [2.75, 3.05) is 12.4 Å². The van der Waals surface area contributed by atoms with Gasteiger partial charge in [0.1, 0.15) is 4.88 Å². The number of carbonyl (C=O) groups is 2. The van der Waals surface area contributed by atoms with Crippen LogP contribution in [0.5, 0.6) is 0 Å². The molecule has 2 rings (SSSR count). The summed E-state index contributed by atoms with van der Waals surface area (Å²) in [6, 6.07) is 6.95. The zero-order valence-electron chi connectivity index (χ0n) is 10.8. The van der Waals surface area contributed by atoms with Crippen LogP contribution < -0.4 is 5.32 Å². The zero-order valence-corrected chi connectivity index (χ0v) is 13.2. The summed E-state index contributed by atoms with van der Waals surface area (Å²) in [5.41, 5.74) is 1.05. The molecule has 0 aliphatic carbocycles. The Balaban J connectivity index is 2.16. The van der Waals surface area contributed by atoms with Gasteiger partial charge in [-0.3, -0.25) is 10.1 Å². The van der Waals surface area contributed by atoms with E-state index in [1.807, 2.05) is 0 Å². The van der Waals surface area contributed by atoms with E-state index in [9.17, 15) is 9.59 Å². The maximum Gasteiger partial charge on any atom is 0.350 e. The first-order chi connectivity index (χ1) is 9.51. The molecule has 0 spiro atoms. The van der Waals surface area contributed by atoms with Crippen molar-refractivity contribution in [2.24, 2.45) is 0 Å². The van der Waals surface area contributed by atoms with Gasteiger partial charge in [0.2, 0.25) is 0 Å². The fourth-order valence-electron chi connectivity index (χ4n) is 1.50. The number of aromatic nitrogens is 1. The highest BCUT2D eigenvalue weighted by atomic mass is 79.9. The average molecular weight is 355 g/mol. The van der Waals surface area contributed by atoms with E-state index in [0.717, 1.165) is 15.8 Å². The van der Waals surface area contributed by atoms with E-state index in [1.54, 1.807) is 31.2 Å². The average Bonchev–Trinajstić information content (AvgIpc) is 2.79. The fourth-order valence-corrected chi connectivity index (χ4v) is 2.65. The van der Waals surface area contributed by atoms with E-state index in [4.69, 9.17) is 0 Å². The van der Waals surface area contributed by atoms with Crippen LogP contribution in [0.1, 0.15) is 25.7 Å². The molecule has 0 saturated heterocycles. The van der Waals surface area contributed by atoms with Crippen LogP contribution >= 0.6 is 27.3 Å². The topological polar surface area (TPSA) is 68.3 Å². The summed E-state index contributed by atoms with van der Waals surface area (Å²) >= 11 is 4.40. The largest absolute Gasteiger partial charge is 0.465 e. The molecule has 5 nitrogen and oxygen atoms in total. The van der Waals surface area contributed by atoms with E-state index in [0.29, 0.717) is 21.3 Å². The number of ether oxygens (including phenoxy) is 1. The highest BCUT2D eigenvalue weighted by molar-refractivity contribution is 9.10. The summed E-state index contributed by atoms with van der Waals surface area (Å²) < 4.78 is 5.54. The lowest BCUT2D eigenvalue weighted by Crippen LogP contribution is -2.11. The normalized spacial score (nSPS) is 10.2. The van der Waals surface area contributed by atoms with E-state index < -0.39 is 5.97 Å². The SMILES string of the molecule is COC(=O)c1sc(NC(=O)c2ccc(Br)cc2)nc1C. The predicted molar refractivity (Wildman–Crippen MR) is 80.3 cm³/mol. The Morgan fingerprint density at radius 1 is 1.30 bits per heavy atom. The molecule has 104 valence electrons. The molecule has 0 aliphatic rings. The van der Waals surface area contributed by atoms with Gasteiger partial charge in [0.25, 0.3) is 5.91 Å². The number of amides is 1. The molecule has 20 heavy (non-hydrogen) atoms. The third kappa shape index (κ3) is 3.23. The quantitative estimate of drug-likeness (QED) is 0.859. The smallest absolute Gasteiger partial charge is 0.350 e. The molecule has 1 aromatic heterocycles. The van der Waals surface area contributed by atoms with Crippen LogP contribution in [0.4, 0.5) is 5.13 Å². The van der Waals surface area contributed by atoms with Crippen molar-refractivity contribution in [3.8, 4) is 0 Å². The van der Waals surface area contributed by atoms with Crippen molar-refractivity contribution in [1.29, 1.82) is 0 Å². The second-order valence-corrected chi connectivity index (χ2v) is 5.80. The molecule has 1 heterocycles. The minimum atomic E-state index is -0.454. The number of thiazole rings is 1. The van der Waals surface area contributed by atoms with Gasteiger partial charge in [-0.15, -0.1) is 0 Å². The Hall–Kier alpha value is -1.73. The van der Waals surface area contributed by atoms with Crippen LogP contribution in [0.2, 0.25) is 0 Å². The van der Waals surface area contributed by atoms with Crippen LogP contribution in [0.15, 0.2) is 28.7 Å². The standard InChI is InChI=1S/C13H11BrN2O3S/c1-7-10(12(18)19-2)20-13(15-7)16-11(17)8-3-5-9(14)6-4-8/h3-6H,1-2H3,(H,15,16,17). The Bertz CT molecular complexity index is 652. The monoisotopic (exact) mass is 354 g/mol. The molecular weight excluding hydrogens is 344 g/mol. The minimum Gasteiger partial charge on any atom is -0.465 e. The first-order valence-corrected chi connectivity index (χ1v) is 7.25. The maximum atomic E-state index is 12.0. The molecule has 0 radical (unpaired) electrons. The summed E-state index contributed by atoms with van der Waals surface area (Å²) in [7, 11) is 1.31. The first kappa shape index (κ1) is 14.7. The summed E-state index contributed by atoms with van der Waals surface area (Å²) in [6.07, 6.45) is 0. The van der Waals surface area contributed by atoms with Crippen molar-refractivity contribution >= 4 is 44.3 Å². The molecular formula is C13H11BrN2O3S. The number of aryl methyl sites for hydroxylation is 1.